The van der Waals surface area contributed by atoms with Gasteiger partial charge in [-0.15, -0.1) is 0 Å². The molecule has 0 bridgehead atoms. The fraction of sp³-hybridized carbons (Fsp3) is 0.269. The van der Waals surface area contributed by atoms with Crippen molar-refractivity contribution in [3.05, 3.63) is 77.1 Å². The average Bonchev–Trinajstić information content (AvgIpc) is 3.03. The van der Waals surface area contributed by atoms with Crippen LogP contribution in [0, 0.1) is 0 Å². The molecule has 0 saturated heterocycles. The minimum absolute atomic E-state index is 0.0679. The standard InChI is InChI=1S/C26H23ClF2N4O3/c1-25(11-15-3-6-19(7-4-15)35-23(28)29)14-26(22(34)33(2)24(30)32-26)20-10-16(5-8-21(20)36-25)17-9-18(27)13-31-12-17/h3-10,12-13,23H,11,14H2,1-2H3,(H2,30,32). The van der Waals surface area contributed by atoms with Gasteiger partial charge in [0, 0.05) is 43.4 Å². The molecule has 186 valence electrons. The van der Waals surface area contributed by atoms with E-state index in [0.717, 1.165) is 16.7 Å². The third-order valence-electron chi connectivity index (χ3n) is 6.48. The largest absolute Gasteiger partial charge is 0.487 e. The molecule has 3 heterocycles. The van der Waals surface area contributed by atoms with Gasteiger partial charge in [0.1, 0.15) is 17.1 Å². The van der Waals surface area contributed by atoms with Gasteiger partial charge < -0.3 is 15.2 Å². The van der Waals surface area contributed by atoms with Crippen molar-refractivity contribution in [2.24, 2.45) is 10.7 Å². The molecule has 0 fully saturated rings. The van der Waals surface area contributed by atoms with Crippen molar-refractivity contribution in [2.45, 2.75) is 37.5 Å². The number of guanidine groups is 1. The molecule has 5 rings (SSSR count). The number of hydrogen-bond donors (Lipinski definition) is 1. The van der Waals surface area contributed by atoms with Crippen molar-refractivity contribution >= 4 is 23.5 Å². The number of alkyl halides is 2. The number of ether oxygens (including phenoxy) is 2. The number of nitrogens with zero attached hydrogens (tertiary/aromatic N) is 3. The maximum Gasteiger partial charge on any atom is 0.387 e. The number of carbonyl (C=O) groups excluding carboxylic acids is 1. The van der Waals surface area contributed by atoms with Gasteiger partial charge in [-0.2, -0.15) is 8.78 Å². The maximum absolute atomic E-state index is 13.6. The van der Waals surface area contributed by atoms with Crippen molar-refractivity contribution in [1.29, 1.82) is 0 Å². The highest BCUT2D eigenvalue weighted by molar-refractivity contribution is 6.30. The van der Waals surface area contributed by atoms with Gasteiger partial charge >= 0.3 is 6.61 Å². The Balaban J connectivity index is 1.55. The molecule has 2 atom stereocenters. The second-order valence-electron chi connectivity index (χ2n) is 9.23. The third-order valence-corrected chi connectivity index (χ3v) is 6.69. The number of rotatable bonds is 5. The monoisotopic (exact) mass is 512 g/mol. The molecule has 2 aromatic carbocycles. The van der Waals surface area contributed by atoms with Gasteiger partial charge in [-0.3, -0.25) is 14.7 Å². The van der Waals surface area contributed by atoms with Crippen molar-refractivity contribution in [2.75, 3.05) is 7.05 Å². The molecule has 3 aromatic rings. The molecule has 36 heavy (non-hydrogen) atoms. The van der Waals surface area contributed by atoms with Crippen molar-refractivity contribution in [3.63, 3.8) is 0 Å². The minimum atomic E-state index is -2.90. The Bertz CT molecular complexity index is 1370. The van der Waals surface area contributed by atoms with E-state index >= 15 is 0 Å². The molecule has 0 saturated carbocycles. The van der Waals surface area contributed by atoms with Gasteiger partial charge in [-0.05, 0) is 48.4 Å². The lowest BCUT2D eigenvalue weighted by atomic mass is 9.74. The van der Waals surface area contributed by atoms with Crippen LogP contribution < -0.4 is 15.2 Å². The van der Waals surface area contributed by atoms with E-state index in [1.165, 1.54) is 17.0 Å². The lowest BCUT2D eigenvalue weighted by Gasteiger charge is -2.43. The molecule has 2 aliphatic rings. The Kier molecular flexibility index (Phi) is 5.83. The molecule has 2 N–H and O–H groups in total. The number of nitrogens with two attached hydrogens (primary N) is 1. The smallest absolute Gasteiger partial charge is 0.387 e. The predicted octanol–water partition coefficient (Wildman–Crippen LogP) is 4.77. The van der Waals surface area contributed by atoms with Crippen LogP contribution >= 0.6 is 11.6 Å². The summed E-state index contributed by atoms with van der Waals surface area (Å²) in [7, 11) is 1.59. The Morgan fingerprint density at radius 2 is 1.92 bits per heavy atom. The summed E-state index contributed by atoms with van der Waals surface area (Å²) >= 11 is 6.14. The molecule has 2 aliphatic heterocycles. The van der Waals surface area contributed by atoms with E-state index in [-0.39, 0.29) is 24.0 Å². The summed E-state index contributed by atoms with van der Waals surface area (Å²) in [5.74, 6) is 0.454. The van der Waals surface area contributed by atoms with Gasteiger partial charge in [0.15, 0.2) is 11.5 Å². The molecular formula is C26H23ClF2N4O3. The third kappa shape index (κ3) is 4.24. The number of benzene rings is 2. The van der Waals surface area contributed by atoms with Crippen LogP contribution in [0.25, 0.3) is 11.1 Å². The fourth-order valence-electron chi connectivity index (χ4n) is 4.94. The van der Waals surface area contributed by atoms with Gasteiger partial charge in [0.25, 0.3) is 5.91 Å². The second-order valence-corrected chi connectivity index (χ2v) is 9.66. The van der Waals surface area contributed by atoms with Crippen LogP contribution in [0.15, 0.2) is 65.9 Å². The number of halogens is 3. The van der Waals surface area contributed by atoms with E-state index < -0.39 is 17.8 Å². The van der Waals surface area contributed by atoms with Crippen molar-refractivity contribution in [1.82, 2.24) is 9.88 Å². The highest BCUT2D eigenvalue weighted by atomic mass is 35.5. The van der Waals surface area contributed by atoms with Gasteiger partial charge in [-0.25, -0.2) is 4.99 Å². The van der Waals surface area contributed by atoms with Gasteiger partial charge in [0.05, 0.1) is 5.02 Å². The van der Waals surface area contributed by atoms with Crippen LogP contribution in [0.4, 0.5) is 8.78 Å². The molecule has 7 nitrogen and oxygen atoms in total. The molecule has 2 unspecified atom stereocenters. The number of aliphatic imine (C=N–C) groups is 1. The van der Waals surface area contributed by atoms with Crippen LogP contribution in [0.1, 0.15) is 24.5 Å². The van der Waals surface area contributed by atoms with E-state index in [0.29, 0.717) is 22.8 Å². The van der Waals surface area contributed by atoms with Crippen molar-refractivity contribution in [3.8, 4) is 22.6 Å². The summed E-state index contributed by atoms with van der Waals surface area (Å²) in [4.78, 5) is 23.8. The summed E-state index contributed by atoms with van der Waals surface area (Å²) in [6.45, 7) is -0.999. The van der Waals surface area contributed by atoms with Crippen LogP contribution in [-0.4, -0.2) is 41.0 Å². The number of hydrogen-bond acceptors (Lipinski definition) is 6. The van der Waals surface area contributed by atoms with E-state index in [2.05, 4.69) is 14.7 Å². The topological polar surface area (TPSA) is 90.0 Å². The van der Waals surface area contributed by atoms with Crippen LogP contribution in [-0.2, 0) is 16.8 Å². The number of carbonyl (C=O) groups is 1. The van der Waals surface area contributed by atoms with Crippen molar-refractivity contribution < 1.29 is 23.0 Å². The van der Waals surface area contributed by atoms with Crippen LogP contribution in [0.3, 0.4) is 0 Å². The normalized spacial score (nSPS) is 23.0. The van der Waals surface area contributed by atoms with Gasteiger partial charge in [0.2, 0.25) is 0 Å². The zero-order chi connectivity index (χ0) is 25.7. The quantitative estimate of drug-likeness (QED) is 0.532. The molecule has 1 spiro atoms. The zero-order valence-corrected chi connectivity index (χ0v) is 20.3. The average molecular weight is 513 g/mol. The minimum Gasteiger partial charge on any atom is -0.487 e. The highest BCUT2D eigenvalue weighted by Crippen LogP contribution is 2.50. The summed E-state index contributed by atoms with van der Waals surface area (Å²) < 4.78 is 35.9. The first-order valence-electron chi connectivity index (χ1n) is 11.2. The number of likely N-dealkylation sites (N-methyl/N-ethyl adjacent to an activating group) is 1. The number of pyridine rings is 1. The second kappa shape index (κ2) is 8.74. The molecular weight excluding hydrogens is 490 g/mol. The molecule has 0 radical (unpaired) electrons. The van der Waals surface area contributed by atoms with E-state index in [9.17, 15) is 13.6 Å². The lowest BCUT2D eigenvalue weighted by Crippen LogP contribution is -2.51. The Morgan fingerprint density at radius 1 is 1.17 bits per heavy atom. The highest BCUT2D eigenvalue weighted by Gasteiger charge is 2.56. The summed E-state index contributed by atoms with van der Waals surface area (Å²) in [6.07, 6.45) is 3.86. The summed E-state index contributed by atoms with van der Waals surface area (Å²) in [5, 5.41) is 0.493. The zero-order valence-electron chi connectivity index (χ0n) is 19.5. The molecule has 0 aliphatic carbocycles. The van der Waals surface area contributed by atoms with E-state index in [4.69, 9.17) is 22.1 Å². The SMILES string of the molecule is CN1C(=O)C2(CC(C)(Cc3ccc(OC(F)F)cc3)Oc3ccc(-c4cncc(Cl)c4)cc32)N=C1N. The maximum atomic E-state index is 13.6. The molecule has 1 amide bonds. The predicted molar refractivity (Wildman–Crippen MR) is 131 cm³/mol. The lowest BCUT2D eigenvalue weighted by molar-refractivity contribution is -0.133. The van der Waals surface area contributed by atoms with Crippen LogP contribution in [0.5, 0.6) is 11.5 Å². The number of fused-ring (bicyclic) bond motifs is 2. The Labute approximate surface area is 211 Å². The first kappa shape index (κ1) is 24.0. The van der Waals surface area contributed by atoms with Gasteiger partial charge in [-0.1, -0.05) is 29.8 Å². The first-order valence-corrected chi connectivity index (χ1v) is 11.6. The number of aromatic nitrogens is 1. The molecule has 10 heteroatoms. The van der Waals surface area contributed by atoms with Crippen LogP contribution in [0.2, 0.25) is 5.02 Å². The Morgan fingerprint density at radius 3 is 2.56 bits per heavy atom. The van der Waals surface area contributed by atoms with E-state index in [1.54, 1.807) is 37.6 Å². The summed E-state index contributed by atoms with van der Waals surface area (Å²) in [5.41, 5.74) is 7.02. The number of amides is 1. The molecule has 1 aromatic heterocycles. The Hall–Kier alpha value is -3.72. The van der Waals surface area contributed by atoms with E-state index in [1.807, 2.05) is 25.1 Å². The fourth-order valence-corrected chi connectivity index (χ4v) is 5.11. The first-order chi connectivity index (χ1) is 17.1. The summed E-state index contributed by atoms with van der Waals surface area (Å²) in [6, 6.07) is 13.7.